The van der Waals surface area contributed by atoms with Gasteiger partial charge in [-0.3, -0.25) is 4.79 Å². The van der Waals surface area contributed by atoms with Crippen molar-refractivity contribution < 1.29 is 9.53 Å². The third-order valence-electron chi connectivity index (χ3n) is 3.80. The molecule has 0 amide bonds. The van der Waals surface area contributed by atoms with Crippen molar-refractivity contribution in [1.82, 2.24) is 9.47 Å². The van der Waals surface area contributed by atoms with E-state index in [1.807, 2.05) is 24.3 Å². The number of esters is 1. The Morgan fingerprint density at radius 3 is 2.37 bits per heavy atom. The average molecular weight is 362 g/mol. The van der Waals surface area contributed by atoms with Gasteiger partial charge in [-0.25, -0.2) is 4.79 Å². The second-order valence-corrected chi connectivity index (χ2v) is 5.61. The fourth-order valence-electron chi connectivity index (χ4n) is 2.53. The highest BCUT2D eigenvalue weighted by Gasteiger charge is 2.25. The van der Waals surface area contributed by atoms with E-state index in [9.17, 15) is 9.59 Å². The van der Waals surface area contributed by atoms with E-state index in [0.717, 1.165) is 0 Å². The lowest BCUT2D eigenvalue weighted by Crippen LogP contribution is -2.23. The Labute approximate surface area is 155 Å². The number of hydrogen-bond acceptors (Lipinski definition) is 5. The maximum atomic E-state index is 12.9. The highest BCUT2D eigenvalue weighted by atomic mass is 16.5. The van der Waals surface area contributed by atoms with Crippen molar-refractivity contribution in [2.45, 2.75) is 6.92 Å². The molecule has 0 bridgehead atoms. The van der Waals surface area contributed by atoms with Gasteiger partial charge in [0.25, 0.3) is 5.56 Å². The van der Waals surface area contributed by atoms with E-state index in [-0.39, 0.29) is 12.2 Å². The Kier molecular flexibility index (Phi) is 5.41. The van der Waals surface area contributed by atoms with Gasteiger partial charge in [-0.2, -0.15) is 4.68 Å². The van der Waals surface area contributed by atoms with Crippen LogP contribution in [0.3, 0.4) is 0 Å². The summed E-state index contributed by atoms with van der Waals surface area (Å²) in [5.74, 6) is -0.726. The zero-order valence-corrected chi connectivity index (χ0v) is 14.8. The van der Waals surface area contributed by atoms with Gasteiger partial charge in [-0.1, -0.05) is 49.1 Å². The first-order chi connectivity index (χ1) is 13.1. The molecular formula is C20H18N4O3. The third-order valence-corrected chi connectivity index (χ3v) is 3.80. The molecule has 0 atom stereocenters. The Bertz CT molecular complexity index is 1030. The highest BCUT2D eigenvalue weighted by molar-refractivity contribution is 5.90. The lowest BCUT2D eigenvalue weighted by molar-refractivity contribution is 0.0547. The molecular weight excluding hydrogens is 344 g/mol. The van der Waals surface area contributed by atoms with Crippen LogP contribution < -0.4 is 5.56 Å². The van der Waals surface area contributed by atoms with E-state index in [4.69, 9.17) is 4.74 Å². The number of carbonyl (C=O) groups excluding carboxylic acids is 1. The van der Waals surface area contributed by atoms with E-state index in [2.05, 4.69) is 16.9 Å². The number of ether oxygens (including phenoxy) is 1. The van der Waals surface area contributed by atoms with Crippen molar-refractivity contribution in [2.24, 2.45) is 10.3 Å². The van der Waals surface area contributed by atoms with Crippen LogP contribution in [0.4, 0.5) is 5.69 Å². The van der Waals surface area contributed by atoms with Crippen molar-refractivity contribution in [1.29, 1.82) is 0 Å². The van der Waals surface area contributed by atoms with Gasteiger partial charge in [-0.15, -0.1) is 9.91 Å². The van der Waals surface area contributed by atoms with E-state index in [1.54, 1.807) is 43.3 Å². The van der Waals surface area contributed by atoms with Gasteiger partial charge in [0.1, 0.15) is 12.2 Å². The Hall–Kier alpha value is -3.74. The van der Waals surface area contributed by atoms with Gasteiger partial charge >= 0.3 is 5.97 Å². The molecule has 0 aliphatic carbocycles. The SMILES string of the molecule is C=CCOC(=O)c1c(C)n(N=Nc2ccccc2)n(-c2ccccc2)c1=O. The number of hydrogen-bond donors (Lipinski definition) is 0. The summed E-state index contributed by atoms with van der Waals surface area (Å²) in [7, 11) is 0. The number of aromatic nitrogens is 2. The Morgan fingerprint density at radius 1 is 1.11 bits per heavy atom. The van der Waals surface area contributed by atoms with Crippen LogP contribution in [0.15, 0.2) is 88.5 Å². The van der Waals surface area contributed by atoms with Crippen LogP contribution in [0.25, 0.3) is 5.69 Å². The highest BCUT2D eigenvalue weighted by Crippen LogP contribution is 2.15. The molecule has 7 nitrogen and oxygen atoms in total. The molecule has 0 saturated heterocycles. The van der Waals surface area contributed by atoms with Gasteiger partial charge in [0.05, 0.1) is 17.1 Å². The summed E-state index contributed by atoms with van der Waals surface area (Å²) in [6.07, 6.45) is 1.44. The standard InChI is InChI=1S/C20H18N4O3/c1-3-14-27-20(26)18-15(2)24(22-21-16-10-6-4-7-11-16)23(19(18)25)17-12-8-5-9-13-17/h3-13H,1,14H2,2H3. The summed E-state index contributed by atoms with van der Waals surface area (Å²) in [6, 6.07) is 18.0. The second kappa shape index (κ2) is 8.09. The largest absolute Gasteiger partial charge is 0.458 e. The van der Waals surface area contributed by atoms with Crippen molar-refractivity contribution >= 4 is 11.7 Å². The maximum Gasteiger partial charge on any atom is 0.346 e. The lowest BCUT2D eigenvalue weighted by Gasteiger charge is -2.06. The summed E-state index contributed by atoms with van der Waals surface area (Å²) in [6.45, 7) is 5.14. The van der Waals surface area contributed by atoms with Crippen molar-refractivity contribution in [3.63, 3.8) is 0 Å². The second-order valence-electron chi connectivity index (χ2n) is 5.61. The molecule has 27 heavy (non-hydrogen) atoms. The zero-order valence-electron chi connectivity index (χ0n) is 14.8. The molecule has 0 aliphatic heterocycles. The maximum absolute atomic E-state index is 12.9. The minimum Gasteiger partial charge on any atom is -0.458 e. The quantitative estimate of drug-likeness (QED) is 0.380. The van der Waals surface area contributed by atoms with Crippen molar-refractivity contribution in [2.75, 3.05) is 6.61 Å². The van der Waals surface area contributed by atoms with E-state index < -0.39 is 11.5 Å². The van der Waals surface area contributed by atoms with E-state index in [0.29, 0.717) is 17.1 Å². The van der Waals surface area contributed by atoms with Crippen molar-refractivity contribution in [3.05, 3.63) is 94.9 Å². The first-order valence-corrected chi connectivity index (χ1v) is 8.28. The fraction of sp³-hybridized carbons (Fsp3) is 0.100. The minimum atomic E-state index is -0.726. The normalized spacial score (nSPS) is 10.9. The Balaban J connectivity index is 2.15. The molecule has 0 unspecified atom stereocenters. The third kappa shape index (κ3) is 3.77. The molecule has 3 aromatic rings. The predicted molar refractivity (Wildman–Crippen MR) is 102 cm³/mol. The fourth-order valence-corrected chi connectivity index (χ4v) is 2.53. The molecule has 3 rings (SSSR count). The van der Waals surface area contributed by atoms with Crippen LogP contribution in [0.1, 0.15) is 16.1 Å². The van der Waals surface area contributed by atoms with E-state index in [1.165, 1.54) is 15.5 Å². The molecule has 0 radical (unpaired) electrons. The van der Waals surface area contributed by atoms with Crippen molar-refractivity contribution in [3.8, 4) is 5.69 Å². The molecule has 0 spiro atoms. The minimum absolute atomic E-state index is 0.0137. The van der Waals surface area contributed by atoms with Gasteiger partial charge in [0.15, 0.2) is 0 Å². The molecule has 1 heterocycles. The van der Waals surface area contributed by atoms with E-state index >= 15 is 0 Å². The monoisotopic (exact) mass is 362 g/mol. The summed E-state index contributed by atoms with van der Waals surface area (Å²) < 4.78 is 6.33. The van der Waals surface area contributed by atoms with Crippen LogP contribution in [0.2, 0.25) is 0 Å². The van der Waals surface area contributed by atoms with Crippen LogP contribution in [0.5, 0.6) is 0 Å². The topological polar surface area (TPSA) is 78.0 Å². The molecule has 0 N–H and O–H groups in total. The van der Waals surface area contributed by atoms with Gasteiger partial charge in [0, 0.05) is 0 Å². The average Bonchev–Trinajstić information content (AvgIpc) is 2.95. The first-order valence-electron chi connectivity index (χ1n) is 8.28. The number of rotatable bonds is 6. The molecule has 0 saturated carbocycles. The summed E-state index contributed by atoms with van der Waals surface area (Å²) in [5.41, 5.74) is 0.888. The summed E-state index contributed by atoms with van der Waals surface area (Å²) in [4.78, 5) is 26.6. The molecule has 7 heteroatoms. The summed E-state index contributed by atoms with van der Waals surface area (Å²) in [5, 5.41) is 8.33. The molecule has 2 aromatic carbocycles. The summed E-state index contributed by atoms with van der Waals surface area (Å²) >= 11 is 0. The molecule has 0 fully saturated rings. The number of benzene rings is 2. The van der Waals surface area contributed by atoms with Gasteiger partial charge < -0.3 is 4.74 Å². The number of nitrogens with zero attached hydrogens (tertiary/aromatic N) is 4. The zero-order chi connectivity index (χ0) is 19.2. The molecule has 0 aliphatic rings. The number of para-hydroxylation sites is 1. The molecule has 136 valence electrons. The van der Waals surface area contributed by atoms with Crippen LogP contribution in [0, 0.1) is 6.92 Å². The van der Waals surface area contributed by atoms with Crippen LogP contribution >= 0.6 is 0 Å². The number of carbonyl (C=O) groups is 1. The first kappa shape index (κ1) is 18.1. The van der Waals surface area contributed by atoms with Crippen LogP contribution in [-0.2, 0) is 4.74 Å². The smallest absolute Gasteiger partial charge is 0.346 e. The van der Waals surface area contributed by atoms with Crippen LogP contribution in [-0.4, -0.2) is 22.0 Å². The van der Waals surface area contributed by atoms with Gasteiger partial charge in [-0.05, 0) is 36.4 Å². The lowest BCUT2D eigenvalue weighted by atomic mass is 10.2. The predicted octanol–water partition coefficient (Wildman–Crippen LogP) is 3.84. The molecule has 1 aromatic heterocycles. The van der Waals surface area contributed by atoms with Gasteiger partial charge in [0.2, 0.25) is 0 Å². The Morgan fingerprint density at radius 2 is 1.74 bits per heavy atom.